The summed E-state index contributed by atoms with van der Waals surface area (Å²) in [5, 5.41) is 8.88. The normalized spacial score (nSPS) is 32.9. The number of benzene rings is 1. The van der Waals surface area contributed by atoms with Gasteiger partial charge in [0.05, 0.1) is 35.3 Å². The van der Waals surface area contributed by atoms with E-state index in [1.165, 1.54) is 24.3 Å². The van der Waals surface area contributed by atoms with Crippen LogP contribution in [0.4, 0.5) is 5.69 Å². The van der Waals surface area contributed by atoms with E-state index in [1.54, 1.807) is 0 Å². The number of imide groups is 1. The molecule has 1 N–H and O–H groups in total. The van der Waals surface area contributed by atoms with Crippen molar-refractivity contribution in [2.75, 3.05) is 4.90 Å². The van der Waals surface area contributed by atoms with Crippen molar-refractivity contribution in [1.29, 1.82) is 0 Å². The standard InChI is InChI=1S/C15H11NO5/c17-13-11-9-5-6-10(21-9)12(11)14(18)16(13)8-3-1-7(2-4-8)15(19)20/h1-6,9-12H,(H,19,20)/t9-,10-,11-,12+/m0/s1. The van der Waals surface area contributed by atoms with E-state index >= 15 is 0 Å². The van der Waals surface area contributed by atoms with Gasteiger partial charge < -0.3 is 9.84 Å². The molecule has 2 bridgehead atoms. The summed E-state index contributed by atoms with van der Waals surface area (Å²) in [4.78, 5) is 37.0. The maximum atomic E-state index is 12.5. The Morgan fingerprint density at radius 2 is 1.52 bits per heavy atom. The number of carbonyl (C=O) groups is 3. The van der Waals surface area contributed by atoms with Crippen LogP contribution in [0.25, 0.3) is 0 Å². The number of carboxylic acids is 1. The lowest BCUT2D eigenvalue weighted by molar-refractivity contribution is -0.124. The van der Waals surface area contributed by atoms with Crippen molar-refractivity contribution in [3.8, 4) is 0 Å². The molecule has 106 valence electrons. The number of hydrogen-bond acceptors (Lipinski definition) is 4. The highest BCUT2D eigenvalue weighted by atomic mass is 16.5. The van der Waals surface area contributed by atoms with Gasteiger partial charge in [0, 0.05) is 0 Å². The number of anilines is 1. The molecule has 3 heterocycles. The molecule has 0 saturated carbocycles. The van der Waals surface area contributed by atoms with Gasteiger partial charge in [0.25, 0.3) is 0 Å². The van der Waals surface area contributed by atoms with E-state index in [4.69, 9.17) is 9.84 Å². The van der Waals surface area contributed by atoms with Crippen molar-refractivity contribution in [2.24, 2.45) is 11.8 Å². The second kappa shape index (κ2) is 4.02. The first-order valence-electron chi connectivity index (χ1n) is 6.63. The molecule has 3 aliphatic heterocycles. The van der Waals surface area contributed by atoms with Gasteiger partial charge in [0.2, 0.25) is 11.8 Å². The molecule has 21 heavy (non-hydrogen) atoms. The van der Waals surface area contributed by atoms with Crippen LogP contribution in [0, 0.1) is 11.8 Å². The van der Waals surface area contributed by atoms with E-state index in [9.17, 15) is 14.4 Å². The summed E-state index contributed by atoms with van der Waals surface area (Å²) >= 11 is 0. The van der Waals surface area contributed by atoms with Gasteiger partial charge >= 0.3 is 5.97 Å². The van der Waals surface area contributed by atoms with Crippen LogP contribution in [-0.4, -0.2) is 35.1 Å². The molecule has 3 aliphatic rings. The summed E-state index contributed by atoms with van der Waals surface area (Å²) in [5.41, 5.74) is 0.520. The number of ether oxygens (including phenoxy) is 1. The van der Waals surface area contributed by atoms with Crippen molar-refractivity contribution < 1.29 is 24.2 Å². The Bertz CT molecular complexity index is 663. The highest BCUT2D eigenvalue weighted by Gasteiger charge is 2.60. The summed E-state index contributed by atoms with van der Waals surface area (Å²) in [6, 6.07) is 5.73. The van der Waals surface area contributed by atoms with Crippen LogP contribution in [0.1, 0.15) is 10.4 Å². The van der Waals surface area contributed by atoms with E-state index < -0.39 is 17.8 Å². The molecule has 0 radical (unpaired) electrons. The number of nitrogens with zero attached hydrogens (tertiary/aromatic N) is 1. The number of carbonyl (C=O) groups excluding carboxylic acids is 2. The third-order valence-corrected chi connectivity index (χ3v) is 4.28. The van der Waals surface area contributed by atoms with Crippen LogP contribution < -0.4 is 4.90 Å². The average Bonchev–Trinajstić information content (AvgIpc) is 3.13. The molecule has 2 amide bonds. The van der Waals surface area contributed by atoms with Crippen LogP contribution >= 0.6 is 0 Å². The lowest BCUT2D eigenvalue weighted by Crippen LogP contribution is -2.34. The predicted molar refractivity (Wildman–Crippen MR) is 70.7 cm³/mol. The van der Waals surface area contributed by atoms with E-state index in [-0.39, 0.29) is 29.6 Å². The highest BCUT2D eigenvalue weighted by Crippen LogP contribution is 2.46. The Labute approximate surface area is 119 Å². The number of fused-ring (bicyclic) bond motifs is 5. The molecule has 0 aliphatic carbocycles. The van der Waals surface area contributed by atoms with Crippen LogP contribution in [0.2, 0.25) is 0 Å². The van der Waals surface area contributed by atoms with Gasteiger partial charge in [-0.25, -0.2) is 9.69 Å². The Morgan fingerprint density at radius 3 is 2.00 bits per heavy atom. The first kappa shape index (κ1) is 12.3. The van der Waals surface area contributed by atoms with E-state index in [0.29, 0.717) is 5.69 Å². The minimum Gasteiger partial charge on any atom is -0.478 e. The lowest BCUT2D eigenvalue weighted by atomic mass is 9.85. The number of carboxylic acid groups (broad SMARTS) is 1. The molecule has 0 aromatic heterocycles. The molecule has 4 rings (SSSR count). The third-order valence-electron chi connectivity index (χ3n) is 4.28. The fourth-order valence-corrected chi connectivity index (χ4v) is 3.31. The van der Waals surface area contributed by atoms with Crippen LogP contribution in [-0.2, 0) is 14.3 Å². The molecule has 2 fully saturated rings. The van der Waals surface area contributed by atoms with Crippen molar-refractivity contribution in [1.82, 2.24) is 0 Å². The zero-order valence-corrected chi connectivity index (χ0v) is 10.8. The Balaban J connectivity index is 1.69. The monoisotopic (exact) mass is 285 g/mol. The number of hydrogen-bond donors (Lipinski definition) is 1. The van der Waals surface area contributed by atoms with Crippen molar-refractivity contribution in [2.45, 2.75) is 12.2 Å². The SMILES string of the molecule is O=C(O)c1ccc(N2C(=O)[C@@H]3[C@H](C2=O)[C@@H]2C=C[C@@H]3O2)cc1. The van der Waals surface area contributed by atoms with Crippen molar-refractivity contribution in [3.05, 3.63) is 42.0 Å². The summed E-state index contributed by atoms with van der Waals surface area (Å²) in [5.74, 6) is -2.50. The Morgan fingerprint density at radius 1 is 1.00 bits per heavy atom. The largest absolute Gasteiger partial charge is 0.478 e. The van der Waals surface area contributed by atoms with E-state index in [2.05, 4.69) is 0 Å². The van der Waals surface area contributed by atoms with Crippen LogP contribution in [0.3, 0.4) is 0 Å². The van der Waals surface area contributed by atoms with Crippen LogP contribution in [0.5, 0.6) is 0 Å². The summed E-state index contributed by atoms with van der Waals surface area (Å²) in [7, 11) is 0. The first-order chi connectivity index (χ1) is 10.1. The molecule has 0 unspecified atom stereocenters. The minimum atomic E-state index is -1.05. The molecular formula is C15H11NO5. The average molecular weight is 285 g/mol. The summed E-state index contributed by atoms with van der Waals surface area (Å²) < 4.78 is 5.56. The van der Waals surface area contributed by atoms with Crippen LogP contribution in [0.15, 0.2) is 36.4 Å². The van der Waals surface area contributed by atoms with Gasteiger partial charge in [0.15, 0.2) is 0 Å². The maximum Gasteiger partial charge on any atom is 0.335 e. The van der Waals surface area contributed by atoms with Crippen molar-refractivity contribution >= 4 is 23.5 Å². The van der Waals surface area contributed by atoms with Gasteiger partial charge in [-0.15, -0.1) is 0 Å². The van der Waals surface area contributed by atoms with Crippen molar-refractivity contribution in [3.63, 3.8) is 0 Å². The lowest BCUT2D eigenvalue weighted by Gasteiger charge is -2.17. The molecule has 0 spiro atoms. The van der Waals surface area contributed by atoms with Gasteiger partial charge in [-0.2, -0.15) is 0 Å². The topological polar surface area (TPSA) is 83.9 Å². The third kappa shape index (κ3) is 1.53. The molecule has 6 heteroatoms. The van der Waals surface area contributed by atoms with E-state index in [0.717, 1.165) is 4.90 Å². The van der Waals surface area contributed by atoms with E-state index in [1.807, 2.05) is 12.2 Å². The predicted octanol–water partition coefficient (Wildman–Crippen LogP) is 0.828. The molecule has 1 aromatic carbocycles. The second-order valence-corrected chi connectivity index (χ2v) is 5.37. The quantitative estimate of drug-likeness (QED) is 0.642. The molecule has 4 atom stereocenters. The van der Waals surface area contributed by atoms with Gasteiger partial charge in [-0.3, -0.25) is 9.59 Å². The zero-order valence-electron chi connectivity index (χ0n) is 10.8. The van der Waals surface area contributed by atoms with Gasteiger partial charge in [-0.05, 0) is 24.3 Å². The number of rotatable bonds is 2. The summed E-state index contributed by atoms with van der Waals surface area (Å²) in [6.45, 7) is 0. The molecule has 1 aromatic rings. The van der Waals surface area contributed by atoms with Gasteiger partial charge in [-0.1, -0.05) is 12.2 Å². The van der Waals surface area contributed by atoms with Gasteiger partial charge in [0.1, 0.15) is 0 Å². The molecular weight excluding hydrogens is 274 g/mol. The number of amides is 2. The second-order valence-electron chi connectivity index (χ2n) is 5.37. The summed E-state index contributed by atoms with van der Waals surface area (Å²) in [6.07, 6.45) is 3.02. The minimum absolute atomic E-state index is 0.114. The molecule has 2 saturated heterocycles. The Hall–Kier alpha value is -2.47. The number of aromatic carboxylic acids is 1. The fraction of sp³-hybridized carbons (Fsp3) is 0.267. The highest BCUT2D eigenvalue weighted by molar-refractivity contribution is 6.23. The Kier molecular flexibility index (Phi) is 2.35. The first-order valence-corrected chi connectivity index (χ1v) is 6.63. The zero-order chi connectivity index (χ0) is 14.7. The molecule has 6 nitrogen and oxygen atoms in total. The fourth-order valence-electron chi connectivity index (χ4n) is 3.31. The maximum absolute atomic E-state index is 12.5. The smallest absolute Gasteiger partial charge is 0.335 e.